The molecule has 1 heterocycles. The molecule has 0 aliphatic heterocycles. The Labute approximate surface area is 138 Å². The SMILES string of the molecule is Cc1ccc(Cn2cc[n+](Cc3ccc(C)cc3)c2)cc1.[Cl-]. The van der Waals surface area contributed by atoms with Crippen molar-refractivity contribution in [2.45, 2.75) is 26.9 Å². The average molecular weight is 313 g/mol. The van der Waals surface area contributed by atoms with Gasteiger partial charge in [0, 0.05) is 0 Å². The zero-order valence-electron chi connectivity index (χ0n) is 13.0. The standard InChI is InChI=1S/C19H21N2.ClH/c1-16-3-7-18(8-4-16)13-20-11-12-21(15-20)14-19-9-5-17(2)6-10-19;/h3-12,15H,13-14H2,1-2H3;1H/q+1;/p-1. The minimum Gasteiger partial charge on any atom is -1.00 e. The van der Waals surface area contributed by atoms with Crippen molar-refractivity contribution in [2.75, 3.05) is 0 Å². The van der Waals surface area contributed by atoms with Gasteiger partial charge in [0.25, 0.3) is 0 Å². The van der Waals surface area contributed by atoms with E-state index in [4.69, 9.17) is 0 Å². The molecule has 3 rings (SSSR count). The lowest BCUT2D eigenvalue weighted by Gasteiger charge is -2.00. The minimum atomic E-state index is 0. The van der Waals surface area contributed by atoms with Crippen LogP contribution in [0.3, 0.4) is 0 Å². The fourth-order valence-corrected chi connectivity index (χ4v) is 2.43. The Morgan fingerprint density at radius 3 is 1.95 bits per heavy atom. The van der Waals surface area contributed by atoms with E-state index >= 15 is 0 Å². The summed E-state index contributed by atoms with van der Waals surface area (Å²) >= 11 is 0. The van der Waals surface area contributed by atoms with Crippen LogP contribution in [0, 0.1) is 13.8 Å². The topological polar surface area (TPSA) is 8.81 Å². The van der Waals surface area contributed by atoms with Crippen LogP contribution in [0.1, 0.15) is 22.3 Å². The fraction of sp³-hybridized carbons (Fsp3) is 0.211. The third-order valence-corrected chi connectivity index (χ3v) is 3.72. The van der Waals surface area contributed by atoms with Crippen molar-refractivity contribution in [1.82, 2.24) is 4.57 Å². The minimum absolute atomic E-state index is 0. The molecule has 0 saturated heterocycles. The van der Waals surface area contributed by atoms with Crippen LogP contribution in [0.15, 0.2) is 67.3 Å². The van der Waals surface area contributed by atoms with Crippen molar-refractivity contribution in [1.29, 1.82) is 0 Å². The first-order valence-corrected chi connectivity index (χ1v) is 7.35. The van der Waals surface area contributed by atoms with Crippen LogP contribution in [0.4, 0.5) is 0 Å². The Morgan fingerprint density at radius 2 is 1.36 bits per heavy atom. The van der Waals surface area contributed by atoms with Gasteiger partial charge in [-0.3, -0.25) is 0 Å². The highest BCUT2D eigenvalue weighted by atomic mass is 35.5. The van der Waals surface area contributed by atoms with E-state index in [0.717, 1.165) is 13.1 Å². The van der Waals surface area contributed by atoms with Crippen LogP contribution in [-0.4, -0.2) is 4.57 Å². The second kappa shape index (κ2) is 7.28. The predicted molar refractivity (Wildman–Crippen MR) is 85.2 cm³/mol. The lowest BCUT2D eigenvalue weighted by Crippen LogP contribution is -3.00. The van der Waals surface area contributed by atoms with Gasteiger partial charge >= 0.3 is 0 Å². The van der Waals surface area contributed by atoms with Crippen molar-refractivity contribution < 1.29 is 17.0 Å². The highest BCUT2D eigenvalue weighted by Gasteiger charge is 2.05. The molecule has 22 heavy (non-hydrogen) atoms. The van der Waals surface area contributed by atoms with E-state index in [2.05, 4.69) is 90.2 Å². The molecule has 0 saturated carbocycles. The van der Waals surface area contributed by atoms with E-state index in [1.54, 1.807) is 0 Å². The van der Waals surface area contributed by atoms with E-state index < -0.39 is 0 Å². The second-order valence-electron chi connectivity index (χ2n) is 5.73. The molecule has 1 aromatic heterocycles. The number of hydrogen-bond donors (Lipinski definition) is 0. The summed E-state index contributed by atoms with van der Waals surface area (Å²) in [4.78, 5) is 0. The number of benzene rings is 2. The summed E-state index contributed by atoms with van der Waals surface area (Å²) in [7, 11) is 0. The van der Waals surface area contributed by atoms with Crippen molar-refractivity contribution in [3.05, 3.63) is 89.5 Å². The predicted octanol–water partition coefficient (Wildman–Crippen LogP) is 0.493. The quantitative estimate of drug-likeness (QED) is 0.620. The van der Waals surface area contributed by atoms with Gasteiger partial charge in [0.1, 0.15) is 25.5 Å². The number of halogens is 1. The smallest absolute Gasteiger partial charge is 0.244 e. The lowest BCUT2D eigenvalue weighted by molar-refractivity contribution is -0.687. The first-order valence-electron chi connectivity index (χ1n) is 7.35. The molecule has 0 atom stereocenters. The van der Waals surface area contributed by atoms with Gasteiger partial charge < -0.3 is 12.4 Å². The molecule has 0 spiro atoms. The molecular weight excluding hydrogens is 292 g/mol. The Balaban J connectivity index is 0.00000176. The highest BCUT2D eigenvalue weighted by molar-refractivity contribution is 5.22. The first kappa shape index (κ1) is 16.3. The fourth-order valence-electron chi connectivity index (χ4n) is 2.43. The third-order valence-electron chi connectivity index (χ3n) is 3.72. The van der Waals surface area contributed by atoms with Crippen molar-refractivity contribution in [3.63, 3.8) is 0 Å². The first-order chi connectivity index (χ1) is 10.2. The Hall–Kier alpha value is -2.06. The van der Waals surface area contributed by atoms with Gasteiger partial charge in [-0.25, -0.2) is 9.13 Å². The van der Waals surface area contributed by atoms with Crippen molar-refractivity contribution in [2.24, 2.45) is 0 Å². The zero-order chi connectivity index (χ0) is 14.7. The summed E-state index contributed by atoms with van der Waals surface area (Å²) in [6.07, 6.45) is 6.43. The van der Waals surface area contributed by atoms with Gasteiger partial charge in [-0.2, -0.15) is 0 Å². The molecule has 2 aromatic carbocycles. The van der Waals surface area contributed by atoms with Crippen LogP contribution in [0.5, 0.6) is 0 Å². The monoisotopic (exact) mass is 312 g/mol. The molecule has 3 heteroatoms. The van der Waals surface area contributed by atoms with E-state index in [9.17, 15) is 0 Å². The maximum absolute atomic E-state index is 2.22. The van der Waals surface area contributed by atoms with Crippen LogP contribution in [0.25, 0.3) is 0 Å². The average Bonchev–Trinajstić information content (AvgIpc) is 2.91. The number of aromatic nitrogens is 2. The zero-order valence-corrected chi connectivity index (χ0v) is 13.8. The molecule has 0 fully saturated rings. The number of imidazole rings is 1. The van der Waals surface area contributed by atoms with Gasteiger partial charge in [0.15, 0.2) is 0 Å². The van der Waals surface area contributed by atoms with Crippen LogP contribution in [0.2, 0.25) is 0 Å². The van der Waals surface area contributed by atoms with E-state index in [0.29, 0.717) is 0 Å². The van der Waals surface area contributed by atoms with Crippen LogP contribution in [-0.2, 0) is 13.1 Å². The maximum atomic E-state index is 2.22. The molecule has 0 aliphatic rings. The van der Waals surface area contributed by atoms with Gasteiger partial charge in [0.05, 0.1) is 0 Å². The van der Waals surface area contributed by atoms with Gasteiger partial charge in [-0.15, -0.1) is 0 Å². The molecular formula is C19H21ClN2. The normalized spacial score (nSPS) is 10.3. The van der Waals surface area contributed by atoms with E-state index in [1.165, 1.54) is 22.3 Å². The number of hydrogen-bond acceptors (Lipinski definition) is 0. The largest absolute Gasteiger partial charge is 1.00 e. The van der Waals surface area contributed by atoms with Gasteiger partial charge in [-0.05, 0) is 25.0 Å². The summed E-state index contributed by atoms with van der Waals surface area (Å²) in [6.45, 7) is 6.08. The third kappa shape index (κ3) is 4.22. The number of rotatable bonds is 4. The Bertz CT molecular complexity index is 650. The molecule has 0 radical (unpaired) electrons. The summed E-state index contributed by atoms with van der Waals surface area (Å²) in [5.41, 5.74) is 5.28. The molecule has 3 aromatic rings. The maximum Gasteiger partial charge on any atom is 0.244 e. The van der Waals surface area contributed by atoms with Crippen LogP contribution >= 0.6 is 0 Å². The molecule has 2 nitrogen and oxygen atoms in total. The molecule has 0 N–H and O–H groups in total. The number of aryl methyl sites for hydroxylation is 2. The second-order valence-corrected chi connectivity index (χ2v) is 5.73. The summed E-state index contributed by atoms with van der Waals surface area (Å²) < 4.78 is 4.44. The highest BCUT2D eigenvalue weighted by Crippen LogP contribution is 2.06. The lowest BCUT2D eigenvalue weighted by atomic mass is 10.1. The Kier molecular flexibility index (Phi) is 5.40. The summed E-state index contributed by atoms with van der Waals surface area (Å²) in [5.74, 6) is 0. The molecule has 114 valence electrons. The van der Waals surface area contributed by atoms with Gasteiger partial charge in [-0.1, -0.05) is 59.7 Å². The van der Waals surface area contributed by atoms with E-state index in [1.807, 2.05) is 0 Å². The molecule has 0 aliphatic carbocycles. The van der Waals surface area contributed by atoms with Crippen LogP contribution < -0.4 is 17.0 Å². The molecule has 0 bridgehead atoms. The number of nitrogens with zero attached hydrogens (tertiary/aromatic N) is 2. The van der Waals surface area contributed by atoms with Crippen molar-refractivity contribution >= 4 is 0 Å². The molecule has 0 unspecified atom stereocenters. The summed E-state index contributed by atoms with van der Waals surface area (Å²) in [5, 5.41) is 0. The summed E-state index contributed by atoms with van der Waals surface area (Å²) in [6, 6.07) is 17.4. The van der Waals surface area contributed by atoms with E-state index in [-0.39, 0.29) is 12.4 Å². The van der Waals surface area contributed by atoms with Gasteiger partial charge in [0.2, 0.25) is 6.33 Å². The van der Waals surface area contributed by atoms with Crippen molar-refractivity contribution in [3.8, 4) is 0 Å². The Morgan fingerprint density at radius 1 is 0.818 bits per heavy atom. The molecule has 0 amide bonds.